The van der Waals surface area contributed by atoms with Gasteiger partial charge in [-0.15, -0.1) is 10.2 Å². The van der Waals surface area contributed by atoms with E-state index in [0.29, 0.717) is 17.3 Å². The zero-order chi connectivity index (χ0) is 19.5. The van der Waals surface area contributed by atoms with Crippen LogP contribution in [0.15, 0.2) is 66.1 Å². The zero-order valence-corrected chi connectivity index (χ0v) is 16.2. The Labute approximate surface area is 167 Å². The van der Waals surface area contributed by atoms with Crippen LogP contribution in [0.2, 0.25) is 0 Å². The van der Waals surface area contributed by atoms with Gasteiger partial charge >= 0.3 is 0 Å². The number of ketones is 1. The molecule has 7 heteroatoms. The highest BCUT2D eigenvalue weighted by Gasteiger charge is 2.30. The van der Waals surface area contributed by atoms with Crippen molar-refractivity contribution in [3.05, 3.63) is 72.1 Å². The summed E-state index contributed by atoms with van der Waals surface area (Å²) in [5, 5.41) is 11.4. The molecule has 0 aliphatic heterocycles. The topological polar surface area (TPSA) is 76.9 Å². The summed E-state index contributed by atoms with van der Waals surface area (Å²) >= 11 is 1.39. The second-order valence-corrected chi connectivity index (χ2v) is 7.86. The second-order valence-electron chi connectivity index (χ2n) is 6.79. The van der Waals surface area contributed by atoms with Gasteiger partial charge in [-0.3, -0.25) is 9.59 Å². The first-order chi connectivity index (χ1) is 13.6. The van der Waals surface area contributed by atoms with Crippen LogP contribution >= 0.6 is 11.8 Å². The normalized spacial score (nSPS) is 14.5. The molecule has 1 aliphatic carbocycles. The van der Waals surface area contributed by atoms with Gasteiger partial charge in [0.2, 0.25) is 5.91 Å². The van der Waals surface area contributed by atoms with Crippen molar-refractivity contribution in [3.63, 3.8) is 0 Å². The van der Waals surface area contributed by atoms with Crippen molar-refractivity contribution in [1.29, 1.82) is 0 Å². The summed E-state index contributed by atoms with van der Waals surface area (Å²) in [5.74, 6) is -0.204. The van der Waals surface area contributed by atoms with Crippen LogP contribution in [0.25, 0.3) is 0 Å². The minimum absolute atomic E-state index is 0.0392. The van der Waals surface area contributed by atoms with Gasteiger partial charge in [0.1, 0.15) is 11.6 Å². The Morgan fingerprint density at radius 1 is 1.14 bits per heavy atom. The maximum Gasteiger partial charge on any atom is 0.242 e. The number of benzene rings is 2. The van der Waals surface area contributed by atoms with E-state index in [1.165, 1.54) is 18.7 Å². The molecule has 1 saturated carbocycles. The Balaban J connectivity index is 1.60. The van der Waals surface area contributed by atoms with Gasteiger partial charge in [-0.1, -0.05) is 54.2 Å². The minimum atomic E-state index is -0.483. The highest BCUT2D eigenvalue weighted by atomic mass is 32.2. The molecular weight excluding hydrogens is 372 g/mol. The molecule has 1 aliphatic rings. The number of anilines is 1. The number of Topliss-reactive ketones (excluding diaryl/α,β-unsaturated/α-hetero) is 1. The minimum Gasteiger partial charge on any atom is -0.325 e. The van der Waals surface area contributed by atoms with Crippen molar-refractivity contribution in [3.8, 4) is 0 Å². The lowest BCUT2D eigenvalue weighted by molar-refractivity contribution is -0.115. The molecule has 1 amide bonds. The molecule has 142 valence electrons. The fraction of sp³-hybridized carbons (Fsp3) is 0.238. The van der Waals surface area contributed by atoms with Crippen LogP contribution in [0.3, 0.4) is 0 Å². The molecular formula is C21H20N4O2S. The van der Waals surface area contributed by atoms with Gasteiger partial charge < -0.3 is 9.88 Å². The van der Waals surface area contributed by atoms with E-state index in [-0.39, 0.29) is 11.7 Å². The number of carbonyl (C=O) groups is 2. The van der Waals surface area contributed by atoms with Crippen molar-refractivity contribution in [2.24, 2.45) is 0 Å². The van der Waals surface area contributed by atoms with Crippen LogP contribution < -0.4 is 5.32 Å². The van der Waals surface area contributed by atoms with E-state index in [4.69, 9.17) is 0 Å². The largest absolute Gasteiger partial charge is 0.325 e. The van der Waals surface area contributed by atoms with Crippen molar-refractivity contribution in [2.45, 2.75) is 36.2 Å². The van der Waals surface area contributed by atoms with E-state index in [1.807, 2.05) is 34.9 Å². The standard InChI is InChI=1S/C21H20N4O2S/c1-14(26)16-8-5-9-17(12-16)23-20(27)19(15-6-3-2-4-7-15)28-21-24-22-13-25(21)18-10-11-18/h2-9,12-13,18-19H,10-11H2,1H3,(H,23,27)/t19-/m0/s1. The monoisotopic (exact) mass is 392 g/mol. The van der Waals surface area contributed by atoms with Crippen LogP contribution in [0.5, 0.6) is 0 Å². The smallest absolute Gasteiger partial charge is 0.242 e. The van der Waals surface area contributed by atoms with Gasteiger partial charge in [-0.05, 0) is 37.5 Å². The number of amides is 1. The van der Waals surface area contributed by atoms with E-state index in [0.717, 1.165) is 23.6 Å². The fourth-order valence-electron chi connectivity index (χ4n) is 2.95. The lowest BCUT2D eigenvalue weighted by Gasteiger charge is -2.17. The molecule has 0 spiro atoms. The van der Waals surface area contributed by atoms with Crippen molar-refractivity contribution in [2.75, 3.05) is 5.32 Å². The molecule has 0 radical (unpaired) electrons. The molecule has 4 rings (SSSR count). The molecule has 0 unspecified atom stereocenters. The average Bonchev–Trinajstić information content (AvgIpc) is 3.45. The van der Waals surface area contributed by atoms with Crippen LogP contribution in [-0.2, 0) is 4.79 Å². The predicted molar refractivity (Wildman–Crippen MR) is 108 cm³/mol. The molecule has 1 fully saturated rings. The van der Waals surface area contributed by atoms with Crippen LogP contribution in [-0.4, -0.2) is 26.5 Å². The third-order valence-corrected chi connectivity index (χ3v) is 5.81. The molecule has 1 atom stereocenters. The number of nitrogens with zero attached hydrogens (tertiary/aromatic N) is 3. The summed E-state index contributed by atoms with van der Waals surface area (Å²) in [4.78, 5) is 24.8. The summed E-state index contributed by atoms with van der Waals surface area (Å²) in [5.41, 5.74) is 2.05. The van der Waals surface area contributed by atoms with Gasteiger partial charge in [0.15, 0.2) is 10.9 Å². The lowest BCUT2D eigenvalue weighted by Crippen LogP contribution is -2.19. The maximum atomic E-state index is 13.1. The van der Waals surface area contributed by atoms with Crippen molar-refractivity contribution in [1.82, 2.24) is 14.8 Å². The molecule has 1 aromatic heterocycles. The predicted octanol–water partition coefficient (Wildman–Crippen LogP) is 4.29. The van der Waals surface area contributed by atoms with Gasteiger partial charge in [0.05, 0.1) is 0 Å². The number of hydrogen-bond donors (Lipinski definition) is 1. The SMILES string of the molecule is CC(=O)c1cccc(NC(=O)[C@@H](Sc2nncn2C2CC2)c2ccccc2)c1. The molecule has 0 saturated heterocycles. The Bertz CT molecular complexity index is 998. The summed E-state index contributed by atoms with van der Waals surface area (Å²) in [7, 11) is 0. The Hall–Kier alpha value is -2.93. The third kappa shape index (κ3) is 4.14. The summed E-state index contributed by atoms with van der Waals surface area (Å²) in [6, 6.07) is 17.0. The van der Waals surface area contributed by atoms with Gasteiger partial charge in [0.25, 0.3) is 0 Å². The first kappa shape index (κ1) is 18.4. The van der Waals surface area contributed by atoms with E-state index in [1.54, 1.807) is 30.6 Å². The highest BCUT2D eigenvalue weighted by Crippen LogP contribution is 2.41. The van der Waals surface area contributed by atoms with Crippen LogP contribution in [0, 0.1) is 0 Å². The summed E-state index contributed by atoms with van der Waals surface area (Å²) in [6.45, 7) is 1.51. The first-order valence-electron chi connectivity index (χ1n) is 9.15. The Kier molecular flexibility index (Phi) is 5.25. The Morgan fingerprint density at radius 2 is 1.93 bits per heavy atom. The van der Waals surface area contributed by atoms with Crippen LogP contribution in [0.1, 0.15) is 47.0 Å². The molecule has 0 bridgehead atoms. The summed E-state index contributed by atoms with van der Waals surface area (Å²) < 4.78 is 2.05. The summed E-state index contributed by atoms with van der Waals surface area (Å²) in [6.07, 6.45) is 3.97. The number of hydrogen-bond acceptors (Lipinski definition) is 5. The van der Waals surface area contributed by atoms with Crippen LogP contribution in [0.4, 0.5) is 5.69 Å². The molecule has 2 aromatic carbocycles. The quantitative estimate of drug-likeness (QED) is 0.479. The second kappa shape index (κ2) is 7.98. The van der Waals surface area contributed by atoms with E-state index >= 15 is 0 Å². The fourth-order valence-corrected chi connectivity index (χ4v) is 4.03. The van der Waals surface area contributed by atoms with E-state index in [9.17, 15) is 9.59 Å². The average molecular weight is 392 g/mol. The molecule has 1 heterocycles. The first-order valence-corrected chi connectivity index (χ1v) is 10.0. The maximum absolute atomic E-state index is 13.1. The third-order valence-electron chi connectivity index (χ3n) is 4.58. The molecule has 1 N–H and O–H groups in total. The van der Waals surface area contributed by atoms with Gasteiger partial charge in [-0.2, -0.15) is 0 Å². The van der Waals surface area contributed by atoms with E-state index in [2.05, 4.69) is 15.5 Å². The molecule has 28 heavy (non-hydrogen) atoms. The lowest BCUT2D eigenvalue weighted by atomic mass is 10.1. The highest BCUT2D eigenvalue weighted by molar-refractivity contribution is 8.00. The van der Waals surface area contributed by atoms with Crippen molar-refractivity contribution < 1.29 is 9.59 Å². The number of aromatic nitrogens is 3. The number of nitrogens with one attached hydrogen (secondary N) is 1. The zero-order valence-electron chi connectivity index (χ0n) is 15.4. The van der Waals surface area contributed by atoms with E-state index < -0.39 is 5.25 Å². The van der Waals surface area contributed by atoms with Gasteiger partial charge in [-0.25, -0.2) is 0 Å². The van der Waals surface area contributed by atoms with Crippen molar-refractivity contribution >= 4 is 29.1 Å². The Morgan fingerprint density at radius 3 is 2.64 bits per heavy atom. The molecule has 6 nitrogen and oxygen atoms in total. The number of carbonyl (C=O) groups excluding carboxylic acids is 2. The number of rotatable bonds is 7. The van der Waals surface area contributed by atoms with Gasteiger partial charge in [0, 0.05) is 17.3 Å². The molecule has 3 aromatic rings. The number of thioether (sulfide) groups is 1.